The fourth-order valence-electron chi connectivity index (χ4n) is 3.52. The largest absolute Gasteiger partial charge is 0.326 e. The molecule has 0 saturated carbocycles. The Morgan fingerprint density at radius 1 is 1.58 bits per heavy atom. The molecular weight excluding hydrogens is 243 g/mol. The molecule has 3 rings (SSSR count). The molecule has 0 aromatic carbocycles. The molecule has 1 aromatic heterocycles. The van der Waals surface area contributed by atoms with Gasteiger partial charge in [0.2, 0.25) is 5.56 Å². The molecule has 1 aromatic rings. The summed E-state index contributed by atoms with van der Waals surface area (Å²) in [6.45, 7) is 1.51. The predicted octanol–water partition coefficient (Wildman–Crippen LogP) is 1.95. The maximum Gasteiger partial charge on any atom is 0.248 e. The quantitative estimate of drug-likeness (QED) is 0.758. The van der Waals surface area contributed by atoms with Crippen LogP contribution in [0.25, 0.3) is 0 Å². The summed E-state index contributed by atoms with van der Waals surface area (Å²) in [5, 5.41) is 0. The van der Waals surface area contributed by atoms with Gasteiger partial charge in [-0.25, -0.2) is 4.39 Å². The van der Waals surface area contributed by atoms with E-state index in [9.17, 15) is 9.18 Å². The molecule has 3 N–H and O–H groups in total. The second kappa shape index (κ2) is 4.17. The number of aromatic amines is 1. The van der Waals surface area contributed by atoms with E-state index in [0.717, 1.165) is 22.4 Å². The van der Waals surface area contributed by atoms with Gasteiger partial charge < -0.3 is 10.7 Å². The Labute approximate surface area is 111 Å². The van der Waals surface area contributed by atoms with Crippen molar-refractivity contribution in [3.63, 3.8) is 0 Å². The van der Waals surface area contributed by atoms with E-state index in [-0.39, 0.29) is 11.5 Å². The number of aromatic nitrogens is 1. The van der Waals surface area contributed by atoms with Crippen LogP contribution in [-0.2, 0) is 12.0 Å². The monoisotopic (exact) mass is 260 g/mol. The van der Waals surface area contributed by atoms with Crippen LogP contribution in [0.1, 0.15) is 24.6 Å². The van der Waals surface area contributed by atoms with Gasteiger partial charge in [-0.1, -0.05) is 12.2 Å². The minimum absolute atomic E-state index is 0.0973. The van der Waals surface area contributed by atoms with Crippen LogP contribution in [0.15, 0.2) is 40.2 Å². The Morgan fingerprint density at radius 3 is 3.05 bits per heavy atom. The van der Waals surface area contributed by atoms with Crippen molar-refractivity contribution in [2.75, 3.05) is 6.67 Å². The topological polar surface area (TPSA) is 58.9 Å². The Hall–Kier alpha value is -1.68. The predicted molar refractivity (Wildman–Crippen MR) is 72.6 cm³/mol. The number of pyridine rings is 1. The Bertz CT molecular complexity index is 644. The van der Waals surface area contributed by atoms with Crippen LogP contribution >= 0.6 is 0 Å². The maximum atomic E-state index is 13.0. The SMILES string of the molecule is C/C=C1\[C@H]2C=C(CF)C[C@]1(N)c1ccc(=O)[nH]c1C2. The number of rotatable bonds is 1. The van der Waals surface area contributed by atoms with Gasteiger partial charge in [-0.3, -0.25) is 4.79 Å². The number of nitrogens with two attached hydrogens (primary N) is 1. The first-order chi connectivity index (χ1) is 9.08. The molecule has 1 heterocycles. The molecule has 0 amide bonds. The van der Waals surface area contributed by atoms with Crippen LogP contribution in [0.5, 0.6) is 0 Å². The molecule has 0 saturated heterocycles. The normalized spacial score (nSPS) is 31.0. The average Bonchev–Trinajstić information content (AvgIpc) is 2.37. The molecule has 2 aliphatic rings. The van der Waals surface area contributed by atoms with Crippen LogP contribution in [0, 0.1) is 5.92 Å². The molecule has 2 bridgehead atoms. The molecule has 0 unspecified atom stereocenters. The third-order valence-corrected chi connectivity index (χ3v) is 4.25. The highest BCUT2D eigenvalue weighted by Crippen LogP contribution is 2.47. The number of allylic oxidation sites excluding steroid dienone is 2. The van der Waals surface area contributed by atoms with Gasteiger partial charge >= 0.3 is 0 Å². The molecular formula is C15H17FN2O. The van der Waals surface area contributed by atoms with Crippen molar-refractivity contribution in [2.24, 2.45) is 11.7 Å². The first-order valence-electron chi connectivity index (χ1n) is 6.52. The molecule has 0 radical (unpaired) electrons. The van der Waals surface area contributed by atoms with E-state index in [1.807, 2.05) is 19.1 Å². The second-order valence-electron chi connectivity index (χ2n) is 5.38. The summed E-state index contributed by atoms with van der Waals surface area (Å²) in [5.74, 6) is 0.0973. The first-order valence-corrected chi connectivity index (χ1v) is 6.52. The van der Waals surface area contributed by atoms with Crippen LogP contribution in [0.2, 0.25) is 0 Å². The fourth-order valence-corrected chi connectivity index (χ4v) is 3.52. The molecule has 3 nitrogen and oxygen atoms in total. The van der Waals surface area contributed by atoms with Crippen molar-refractivity contribution in [1.29, 1.82) is 0 Å². The number of nitrogens with one attached hydrogen (secondary N) is 1. The van der Waals surface area contributed by atoms with Gasteiger partial charge in [0, 0.05) is 17.7 Å². The van der Waals surface area contributed by atoms with Gasteiger partial charge in [0.1, 0.15) is 6.67 Å². The molecule has 0 aliphatic heterocycles. The van der Waals surface area contributed by atoms with Gasteiger partial charge in [0.05, 0.1) is 5.54 Å². The van der Waals surface area contributed by atoms with Crippen LogP contribution in [-0.4, -0.2) is 11.7 Å². The van der Waals surface area contributed by atoms with Gasteiger partial charge in [-0.2, -0.15) is 0 Å². The lowest BCUT2D eigenvalue weighted by Crippen LogP contribution is -2.48. The molecule has 2 atom stereocenters. The third-order valence-electron chi connectivity index (χ3n) is 4.25. The Morgan fingerprint density at radius 2 is 2.37 bits per heavy atom. The fraction of sp³-hybridized carbons (Fsp3) is 0.400. The van der Waals surface area contributed by atoms with E-state index in [0.29, 0.717) is 12.8 Å². The molecule has 4 heteroatoms. The summed E-state index contributed by atoms with van der Waals surface area (Å²) in [5.41, 5.74) is 9.50. The highest BCUT2D eigenvalue weighted by molar-refractivity contribution is 5.49. The smallest absolute Gasteiger partial charge is 0.248 e. The summed E-state index contributed by atoms with van der Waals surface area (Å²) in [6.07, 6.45) is 5.17. The second-order valence-corrected chi connectivity index (χ2v) is 5.38. The van der Waals surface area contributed by atoms with Crippen molar-refractivity contribution >= 4 is 0 Å². The minimum atomic E-state index is -0.673. The van der Waals surface area contributed by atoms with E-state index in [1.54, 1.807) is 6.07 Å². The summed E-state index contributed by atoms with van der Waals surface area (Å²) in [4.78, 5) is 14.3. The van der Waals surface area contributed by atoms with Crippen LogP contribution in [0.4, 0.5) is 4.39 Å². The lowest BCUT2D eigenvalue weighted by atomic mass is 9.63. The summed E-state index contributed by atoms with van der Waals surface area (Å²) >= 11 is 0. The van der Waals surface area contributed by atoms with Crippen molar-refractivity contribution in [2.45, 2.75) is 25.3 Å². The molecule has 0 fully saturated rings. The number of hydrogen-bond acceptors (Lipinski definition) is 2. The highest BCUT2D eigenvalue weighted by Gasteiger charge is 2.44. The number of alkyl halides is 1. The average molecular weight is 260 g/mol. The zero-order chi connectivity index (χ0) is 13.6. The van der Waals surface area contributed by atoms with E-state index < -0.39 is 12.2 Å². The lowest BCUT2D eigenvalue weighted by molar-refractivity contribution is 0.387. The van der Waals surface area contributed by atoms with E-state index in [2.05, 4.69) is 4.98 Å². The van der Waals surface area contributed by atoms with Gasteiger partial charge in [-0.05, 0) is 42.5 Å². The van der Waals surface area contributed by atoms with Crippen molar-refractivity contribution < 1.29 is 4.39 Å². The van der Waals surface area contributed by atoms with Crippen molar-refractivity contribution in [1.82, 2.24) is 4.98 Å². The molecule has 19 heavy (non-hydrogen) atoms. The summed E-state index contributed by atoms with van der Waals surface area (Å²) in [6, 6.07) is 3.28. The summed E-state index contributed by atoms with van der Waals surface area (Å²) < 4.78 is 13.0. The lowest BCUT2D eigenvalue weighted by Gasteiger charge is -2.45. The minimum Gasteiger partial charge on any atom is -0.326 e. The van der Waals surface area contributed by atoms with E-state index in [1.165, 1.54) is 6.07 Å². The molecule has 2 aliphatic carbocycles. The van der Waals surface area contributed by atoms with Gasteiger partial charge in [-0.15, -0.1) is 0 Å². The first kappa shape index (κ1) is 12.4. The standard InChI is InChI=1S/C15H17FN2O/c1-2-11-10-5-9(8-16)7-15(11,17)12-3-4-14(19)18-13(12)6-10/h2-5,10H,6-8,17H2,1H3,(H,18,19)/b11-2+/t10-,15+/m0/s1. The van der Waals surface area contributed by atoms with E-state index >= 15 is 0 Å². The molecule has 0 spiro atoms. The van der Waals surface area contributed by atoms with E-state index in [4.69, 9.17) is 5.73 Å². The third kappa shape index (κ3) is 1.70. The highest BCUT2D eigenvalue weighted by atomic mass is 19.1. The van der Waals surface area contributed by atoms with Gasteiger partial charge in [0.15, 0.2) is 0 Å². The molecule has 100 valence electrons. The van der Waals surface area contributed by atoms with Crippen molar-refractivity contribution in [3.8, 4) is 0 Å². The zero-order valence-electron chi connectivity index (χ0n) is 10.9. The number of hydrogen-bond donors (Lipinski definition) is 2. The van der Waals surface area contributed by atoms with Crippen molar-refractivity contribution in [3.05, 3.63) is 57.0 Å². The van der Waals surface area contributed by atoms with Gasteiger partial charge in [0.25, 0.3) is 0 Å². The van der Waals surface area contributed by atoms with Crippen LogP contribution in [0.3, 0.4) is 0 Å². The number of H-pyrrole nitrogens is 1. The number of fused-ring (bicyclic) bond motifs is 4. The Kier molecular flexibility index (Phi) is 2.71. The maximum absolute atomic E-state index is 13.0. The summed E-state index contributed by atoms with van der Waals surface area (Å²) in [7, 11) is 0. The Balaban J connectivity index is 2.24. The van der Waals surface area contributed by atoms with Crippen LogP contribution < -0.4 is 11.3 Å². The zero-order valence-corrected chi connectivity index (χ0v) is 10.9. The number of halogens is 1.